The molecule has 0 fully saturated rings. The van der Waals surface area contributed by atoms with Crippen molar-refractivity contribution in [3.63, 3.8) is 0 Å². The molecule has 3 rings (SSSR count). The van der Waals surface area contributed by atoms with Crippen LogP contribution in [0.1, 0.15) is 20.8 Å². The fraction of sp³-hybridized carbons (Fsp3) is 0.143. The number of anilines is 1. The third-order valence-corrected chi connectivity index (χ3v) is 5.35. The molecule has 3 aromatic rings. The second-order valence-corrected chi connectivity index (χ2v) is 7.43. The first-order valence-corrected chi connectivity index (χ1v) is 9.53. The molecule has 0 bridgehead atoms. The van der Waals surface area contributed by atoms with Gasteiger partial charge in [-0.3, -0.25) is 14.9 Å². The third-order valence-electron chi connectivity index (χ3n) is 4.33. The van der Waals surface area contributed by atoms with Gasteiger partial charge in [-0.2, -0.15) is 0 Å². The van der Waals surface area contributed by atoms with Gasteiger partial charge in [0.2, 0.25) is 5.91 Å². The Bertz CT molecular complexity index is 1080. The van der Waals surface area contributed by atoms with E-state index in [4.69, 9.17) is 4.74 Å². The van der Waals surface area contributed by atoms with E-state index in [-0.39, 0.29) is 17.7 Å². The molecule has 1 amide bonds. The van der Waals surface area contributed by atoms with Gasteiger partial charge in [-0.05, 0) is 12.5 Å². The van der Waals surface area contributed by atoms with Crippen LogP contribution < -0.4 is 5.32 Å². The number of para-hydroxylation sites is 1. The first kappa shape index (κ1) is 20.2. The van der Waals surface area contributed by atoms with Crippen LogP contribution in [0.15, 0.2) is 54.6 Å². The van der Waals surface area contributed by atoms with Gasteiger partial charge in [0.1, 0.15) is 10.6 Å². The predicted molar refractivity (Wildman–Crippen MR) is 111 cm³/mol. The Hall–Kier alpha value is -3.52. The number of thiophene rings is 1. The zero-order valence-corrected chi connectivity index (χ0v) is 16.6. The van der Waals surface area contributed by atoms with E-state index in [9.17, 15) is 19.7 Å². The topological polar surface area (TPSA) is 98.5 Å². The molecule has 148 valence electrons. The fourth-order valence-corrected chi connectivity index (χ4v) is 4.14. The Morgan fingerprint density at radius 2 is 1.76 bits per heavy atom. The summed E-state index contributed by atoms with van der Waals surface area (Å²) in [6, 6.07) is 15.4. The lowest BCUT2D eigenvalue weighted by molar-refractivity contribution is -0.385. The van der Waals surface area contributed by atoms with E-state index in [0.29, 0.717) is 16.1 Å². The number of nitro benzene ring substituents is 1. The summed E-state index contributed by atoms with van der Waals surface area (Å²) in [5.74, 6) is -1.01. The standard InChI is InChI=1S/C21H18N2O5S/c1-13-18(14-8-4-3-5-9-14)19(21(25)28-2)20(29-13)22-17(24)12-15-10-6-7-11-16(15)23(26)27/h3-11H,12H2,1-2H3,(H,22,24). The van der Waals surface area contributed by atoms with E-state index >= 15 is 0 Å². The molecule has 0 atom stereocenters. The van der Waals surface area contributed by atoms with Crippen LogP contribution >= 0.6 is 11.3 Å². The van der Waals surface area contributed by atoms with Crippen molar-refractivity contribution < 1.29 is 19.2 Å². The van der Waals surface area contributed by atoms with Crippen molar-refractivity contribution in [3.05, 3.63) is 80.7 Å². The summed E-state index contributed by atoms with van der Waals surface area (Å²) in [6.45, 7) is 1.86. The maximum atomic E-state index is 12.6. The highest BCUT2D eigenvalue weighted by atomic mass is 32.1. The Balaban J connectivity index is 1.95. The van der Waals surface area contributed by atoms with Crippen LogP contribution in [-0.2, 0) is 16.0 Å². The van der Waals surface area contributed by atoms with Gasteiger partial charge < -0.3 is 10.1 Å². The Morgan fingerprint density at radius 3 is 2.41 bits per heavy atom. The summed E-state index contributed by atoms with van der Waals surface area (Å²) in [4.78, 5) is 36.6. The number of benzene rings is 2. The predicted octanol–water partition coefficient (Wildman–Crippen LogP) is 4.60. The van der Waals surface area contributed by atoms with E-state index in [0.717, 1.165) is 10.4 Å². The number of aryl methyl sites for hydroxylation is 1. The maximum absolute atomic E-state index is 12.6. The molecule has 7 nitrogen and oxygen atoms in total. The third kappa shape index (κ3) is 4.33. The minimum atomic E-state index is -0.561. The van der Waals surface area contributed by atoms with E-state index in [2.05, 4.69) is 5.32 Å². The Morgan fingerprint density at radius 1 is 1.10 bits per heavy atom. The second kappa shape index (κ2) is 8.66. The van der Waals surface area contributed by atoms with Crippen molar-refractivity contribution in [2.24, 2.45) is 0 Å². The smallest absolute Gasteiger partial charge is 0.341 e. The number of carbonyl (C=O) groups excluding carboxylic acids is 2. The van der Waals surface area contributed by atoms with Gasteiger partial charge >= 0.3 is 5.97 Å². The van der Waals surface area contributed by atoms with Crippen LogP contribution in [0.4, 0.5) is 10.7 Å². The highest BCUT2D eigenvalue weighted by Crippen LogP contribution is 2.40. The molecule has 0 aliphatic rings. The second-order valence-electron chi connectivity index (χ2n) is 6.21. The van der Waals surface area contributed by atoms with E-state index in [1.54, 1.807) is 12.1 Å². The highest BCUT2D eigenvalue weighted by molar-refractivity contribution is 7.17. The van der Waals surface area contributed by atoms with Crippen molar-refractivity contribution in [2.75, 3.05) is 12.4 Å². The summed E-state index contributed by atoms with van der Waals surface area (Å²) in [5.41, 5.74) is 1.98. The minimum absolute atomic E-state index is 0.122. The molecular weight excluding hydrogens is 392 g/mol. The van der Waals surface area contributed by atoms with Crippen molar-refractivity contribution in [1.82, 2.24) is 0 Å². The van der Waals surface area contributed by atoms with Crippen molar-refractivity contribution in [1.29, 1.82) is 0 Å². The van der Waals surface area contributed by atoms with Gasteiger partial charge in [0.25, 0.3) is 5.69 Å². The molecule has 0 unspecified atom stereocenters. The molecule has 0 saturated heterocycles. The zero-order chi connectivity index (χ0) is 21.0. The molecule has 29 heavy (non-hydrogen) atoms. The van der Waals surface area contributed by atoms with Crippen LogP contribution in [0.2, 0.25) is 0 Å². The minimum Gasteiger partial charge on any atom is -0.465 e. The molecule has 2 aromatic carbocycles. The summed E-state index contributed by atoms with van der Waals surface area (Å²) >= 11 is 1.26. The summed E-state index contributed by atoms with van der Waals surface area (Å²) in [7, 11) is 1.28. The van der Waals surface area contributed by atoms with E-state index in [1.807, 2.05) is 37.3 Å². The average Bonchev–Trinajstić information content (AvgIpc) is 3.03. The number of ether oxygens (including phenoxy) is 1. The molecule has 1 heterocycles. The average molecular weight is 410 g/mol. The number of rotatable bonds is 6. The molecule has 0 saturated carbocycles. The lowest BCUT2D eigenvalue weighted by Crippen LogP contribution is -2.16. The van der Waals surface area contributed by atoms with Gasteiger partial charge in [0, 0.05) is 22.1 Å². The number of carbonyl (C=O) groups is 2. The SMILES string of the molecule is COC(=O)c1c(NC(=O)Cc2ccccc2[N+](=O)[O-])sc(C)c1-c1ccccc1. The van der Waals surface area contributed by atoms with Crippen LogP contribution in [0.5, 0.6) is 0 Å². The Labute approximate surface area is 171 Å². The van der Waals surface area contributed by atoms with Gasteiger partial charge in [-0.1, -0.05) is 48.5 Å². The highest BCUT2D eigenvalue weighted by Gasteiger charge is 2.25. The maximum Gasteiger partial charge on any atom is 0.341 e. The van der Waals surface area contributed by atoms with Gasteiger partial charge in [-0.15, -0.1) is 11.3 Å². The molecule has 1 N–H and O–H groups in total. The fourth-order valence-electron chi connectivity index (χ4n) is 3.06. The number of hydrogen-bond donors (Lipinski definition) is 1. The van der Waals surface area contributed by atoms with Crippen LogP contribution in [0.25, 0.3) is 11.1 Å². The van der Waals surface area contributed by atoms with Crippen molar-refractivity contribution in [3.8, 4) is 11.1 Å². The first-order valence-electron chi connectivity index (χ1n) is 8.71. The quantitative estimate of drug-likeness (QED) is 0.364. The molecule has 8 heteroatoms. The van der Waals surface area contributed by atoms with Crippen LogP contribution in [0.3, 0.4) is 0 Å². The van der Waals surface area contributed by atoms with Gasteiger partial charge in [-0.25, -0.2) is 4.79 Å². The summed E-state index contributed by atoms with van der Waals surface area (Å²) < 4.78 is 4.93. The number of esters is 1. The normalized spacial score (nSPS) is 10.4. The number of nitrogens with zero attached hydrogens (tertiary/aromatic N) is 1. The van der Waals surface area contributed by atoms with Crippen LogP contribution in [0, 0.1) is 17.0 Å². The summed E-state index contributed by atoms with van der Waals surface area (Å²) in [5, 5.41) is 14.2. The summed E-state index contributed by atoms with van der Waals surface area (Å²) in [6.07, 6.45) is -0.185. The number of hydrogen-bond acceptors (Lipinski definition) is 6. The monoisotopic (exact) mass is 410 g/mol. The molecule has 0 aliphatic carbocycles. The number of nitro groups is 1. The Kier molecular flexibility index (Phi) is 6.04. The van der Waals surface area contributed by atoms with E-state index in [1.165, 1.54) is 30.6 Å². The van der Waals surface area contributed by atoms with Crippen LogP contribution in [-0.4, -0.2) is 23.9 Å². The molecular formula is C21H18N2O5S. The van der Waals surface area contributed by atoms with Gasteiger partial charge in [0.05, 0.1) is 18.5 Å². The van der Waals surface area contributed by atoms with Crippen molar-refractivity contribution >= 4 is 33.9 Å². The number of nitrogens with one attached hydrogen (secondary N) is 1. The molecule has 0 spiro atoms. The molecule has 1 aromatic heterocycles. The zero-order valence-electron chi connectivity index (χ0n) is 15.8. The largest absolute Gasteiger partial charge is 0.465 e. The molecule has 0 radical (unpaired) electrons. The first-order chi connectivity index (χ1) is 13.9. The lowest BCUT2D eigenvalue weighted by atomic mass is 10.0. The van der Waals surface area contributed by atoms with Crippen molar-refractivity contribution in [2.45, 2.75) is 13.3 Å². The lowest BCUT2D eigenvalue weighted by Gasteiger charge is -2.08. The van der Waals surface area contributed by atoms with Gasteiger partial charge in [0.15, 0.2) is 0 Å². The number of amides is 1. The molecule has 0 aliphatic heterocycles. The number of methoxy groups -OCH3 is 1. The van der Waals surface area contributed by atoms with E-state index < -0.39 is 16.8 Å².